The van der Waals surface area contributed by atoms with Crippen LogP contribution in [-0.4, -0.2) is 6.04 Å². The summed E-state index contributed by atoms with van der Waals surface area (Å²) in [5.41, 5.74) is 0.851. The van der Waals surface area contributed by atoms with Crippen LogP contribution in [0.4, 0.5) is 5.69 Å². The van der Waals surface area contributed by atoms with Gasteiger partial charge in [0.25, 0.3) is 0 Å². The fourth-order valence-corrected chi connectivity index (χ4v) is 1.97. The zero-order valence-electron chi connectivity index (χ0n) is 9.19. The summed E-state index contributed by atoms with van der Waals surface area (Å²) in [7, 11) is 0. The maximum absolute atomic E-state index is 6.06. The highest BCUT2D eigenvalue weighted by molar-refractivity contribution is 6.39. The van der Waals surface area contributed by atoms with Crippen molar-refractivity contribution in [3.05, 3.63) is 28.2 Å². The van der Waals surface area contributed by atoms with Crippen LogP contribution in [0.3, 0.4) is 0 Å². The van der Waals surface area contributed by atoms with Gasteiger partial charge in [0.1, 0.15) is 0 Å². The minimum atomic E-state index is 0.405. The van der Waals surface area contributed by atoms with E-state index < -0.39 is 0 Å². The van der Waals surface area contributed by atoms with E-state index in [4.69, 9.17) is 23.2 Å². The molecule has 1 unspecified atom stereocenters. The lowest BCUT2D eigenvalue weighted by molar-refractivity contribution is 0.645. The molecule has 1 N–H and O–H groups in total. The predicted octanol–water partition coefficient (Wildman–Crippen LogP) is 4.98. The molecule has 15 heavy (non-hydrogen) atoms. The third kappa shape index (κ3) is 3.92. The molecule has 0 aromatic heterocycles. The Hall–Kier alpha value is -0.400. The molecule has 84 valence electrons. The van der Waals surface area contributed by atoms with Gasteiger partial charge in [-0.3, -0.25) is 0 Å². The van der Waals surface area contributed by atoms with E-state index in [9.17, 15) is 0 Å². The van der Waals surface area contributed by atoms with Crippen LogP contribution in [0, 0.1) is 0 Å². The van der Waals surface area contributed by atoms with Gasteiger partial charge in [-0.2, -0.15) is 0 Å². The minimum Gasteiger partial charge on any atom is -0.380 e. The number of halogens is 2. The zero-order valence-corrected chi connectivity index (χ0v) is 10.7. The van der Waals surface area contributed by atoms with E-state index in [1.807, 2.05) is 18.2 Å². The number of benzene rings is 1. The summed E-state index contributed by atoms with van der Waals surface area (Å²) in [5, 5.41) is 4.72. The van der Waals surface area contributed by atoms with Crippen molar-refractivity contribution in [3.8, 4) is 0 Å². The molecule has 0 amide bonds. The average molecular weight is 246 g/mol. The first kappa shape index (κ1) is 12.7. The second kappa shape index (κ2) is 6.24. The van der Waals surface area contributed by atoms with Crippen LogP contribution in [0.1, 0.15) is 33.1 Å². The molecule has 0 fully saturated rings. The van der Waals surface area contributed by atoms with E-state index in [1.54, 1.807) is 0 Å². The second-order valence-corrected chi connectivity index (χ2v) is 4.60. The lowest BCUT2D eigenvalue weighted by atomic mass is 10.1. The molecule has 0 aliphatic heterocycles. The molecule has 0 radical (unpaired) electrons. The van der Waals surface area contributed by atoms with Crippen LogP contribution in [0.15, 0.2) is 18.2 Å². The average Bonchev–Trinajstić information content (AvgIpc) is 2.21. The van der Waals surface area contributed by atoms with E-state index in [0.29, 0.717) is 16.1 Å². The number of anilines is 1. The highest BCUT2D eigenvalue weighted by Crippen LogP contribution is 2.30. The van der Waals surface area contributed by atoms with Crippen molar-refractivity contribution >= 4 is 28.9 Å². The van der Waals surface area contributed by atoms with Crippen molar-refractivity contribution in [2.75, 3.05) is 5.32 Å². The Morgan fingerprint density at radius 3 is 2.40 bits per heavy atom. The van der Waals surface area contributed by atoms with Crippen LogP contribution in [0.5, 0.6) is 0 Å². The van der Waals surface area contributed by atoms with E-state index in [1.165, 1.54) is 12.8 Å². The quantitative estimate of drug-likeness (QED) is 0.772. The first-order valence-corrected chi connectivity index (χ1v) is 6.11. The monoisotopic (exact) mass is 245 g/mol. The standard InChI is InChI=1S/C12H17Cl2N/c1-3-4-6-9(2)15-12-10(13)7-5-8-11(12)14/h5,7-9,15H,3-4,6H2,1-2H3. The van der Waals surface area contributed by atoms with Gasteiger partial charge in [-0.05, 0) is 25.5 Å². The lowest BCUT2D eigenvalue weighted by Gasteiger charge is -2.17. The molecule has 0 aliphatic rings. The first-order valence-electron chi connectivity index (χ1n) is 5.35. The van der Waals surface area contributed by atoms with Crippen LogP contribution in [0.2, 0.25) is 10.0 Å². The Morgan fingerprint density at radius 2 is 1.87 bits per heavy atom. The lowest BCUT2D eigenvalue weighted by Crippen LogP contribution is -2.15. The maximum Gasteiger partial charge on any atom is 0.0720 e. The molecule has 1 rings (SSSR count). The molecule has 0 aliphatic carbocycles. The molecular weight excluding hydrogens is 229 g/mol. The topological polar surface area (TPSA) is 12.0 Å². The van der Waals surface area contributed by atoms with E-state index in [2.05, 4.69) is 19.2 Å². The smallest absolute Gasteiger partial charge is 0.0720 e. The second-order valence-electron chi connectivity index (χ2n) is 3.78. The Bertz CT molecular complexity index is 292. The molecule has 1 aromatic carbocycles. The van der Waals surface area contributed by atoms with Crippen molar-refractivity contribution in [1.29, 1.82) is 0 Å². The van der Waals surface area contributed by atoms with Gasteiger partial charge in [-0.1, -0.05) is 49.0 Å². The van der Waals surface area contributed by atoms with Crippen molar-refractivity contribution in [2.24, 2.45) is 0 Å². The molecule has 1 aromatic rings. The summed E-state index contributed by atoms with van der Waals surface area (Å²) in [5.74, 6) is 0. The van der Waals surface area contributed by atoms with Gasteiger partial charge in [0.2, 0.25) is 0 Å². The number of hydrogen-bond acceptors (Lipinski definition) is 1. The van der Waals surface area contributed by atoms with Crippen LogP contribution < -0.4 is 5.32 Å². The van der Waals surface area contributed by atoms with Crippen molar-refractivity contribution in [3.63, 3.8) is 0 Å². The molecule has 1 atom stereocenters. The Kier molecular flexibility index (Phi) is 5.27. The van der Waals surface area contributed by atoms with Crippen LogP contribution in [-0.2, 0) is 0 Å². The van der Waals surface area contributed by atoms with Gasteiger partial charge in [-0.15, -0.1) is 0 Å². The molecule has 0 heterocycles. The van der Waals surface area contributed by atoms with Crippen LogP contribution in [0.25, 0.3) is 0 Å². The molecule has 0 saturated carbocycles. The summed E-state index contributed by atoms with van der Waals surface area (Å²) in [6.45, 7) is 4.34. The van der Waals surface area contributed by atoms with E-state index >= 15 is 0 Å². The van der Waals surface area contributed by atoms with Gasteiger partial charge >= 0.3 is 0 Å². The van der Waals surface area contributed by atoms with Gasteiger partial charge in [0.15, 0.2) is 0 Å². The highest BCUT2D eigenvalue weighted by Gasteiger charge is 2.08. The van der Waals surface area contributed by atoms with Crippen molar-refractivity contribution < 1.29 is 0 Å². The molecular formula is C12H17Cl2N. The minimum absolute atomic E-state index is 0.405. The summed E-state index contributed by atoms with van der Waals surface area (Å²) in [6, 6.07) is 5.96. The maximum atomic E-state index is 6.06. The summed E-state index contributed by atoms with van der Waals surface area (Å²) >= 11 is 12.1. The van der Waals surface area contributed by atoms with Gasteiger partial charge in [0, 0.05) is 6.04 Å². The van der Waals surface area contributed by atoms with Gasteiger partial charge in [0.05, 0.1) is 15.7 Å². The van der Waals surface area contributed by atoms with Crippen molar-refractivity contribution in [2.45, 2.75) is 39.2 Å². The molecule has 0 bridgehead atoms. The number of unbranched alkanes of at least 4 members (excludes halogenated alkanes) is 1. The molecule has 3 heteroatoms. The highest BCUT2D eigenvalue weighted by atomic mass is 35.5. The third-order valence-electron chi connectivity index (χ3n) is 2.34. The Morgan fingerprint density at radius 1 is 1.27 bits per heavy atom. The van der Waals surface area contributed by atoms with Gasteiger partial charge < -0.3 is 5.32 Å². The summed E-state index contributed by atoms with van der Waals surface area (Å²) < 4.78 is 0. The Labute approximate surface area is 102 Å². The molecule has 1 nitrogen and oxygen atoms in total. The first-order chi connectivity index (χ1) is 7.15. The fourth-order valence-electron chi connectivity index (χ4n) is 1.46. The number of para-hydroxylation sites is 1. The number of rotatable bonds is 5. The number of nitrogens with one attached hydrogen (secondary N) is 1. The normalized spacial score (nSPS) is 12.5. The number of hydrogen-bond donors (Lipinski definition) is 1. The van der Waals surface area contributed by atoms with Crippen molar-refractivity contribution in [1.82, 2.24) is 0 Å². The SMILES string of the molecule is CCCCC(C)Nc1c(Cl)cccc1Cl. The fraction of sp³-hybridized carbons (Fsp3) is 0.500. The van der Waals surface area contributed by atoms with Gasteiger partial charge in [-0.25, -0.2) is 0 Å². The predicted molar refractivity (Wildman–Crippen MR) is 69.1 cm³/mol. The largest absolute Gasteiger partial charge is 0.380 e. The summed E-state index contributed by atoms with van der Waals surface area (Å²) in [6.07, 6.45) is 3.57. The molecule has 0 spiro atoms. The third-order valence-corrected chi connectivity index (χ3v) is 2.97. The Balaban J connectivity index is 2.63. The van der Waals surface area contributed by atoms with E-state index in [0.717, 1.165) is 12.1 Å². The van der Waals surface area contributed by atoms with E-state index in [-0.39, 0.29) is 0 Å². The van der Waals surface area contributed by atoms with Crippen LogP contribution >= 0.6 is 23.2 Å². The zero-order chi connectivity index (χ0) is 11.3. The summed E-state index contributed by atoms with van der Waals surface area (Å²) in [4.78, 5) is 0. The molecule has 0 saturated heterocycles.